The highest BCUT2D eigenvalue weighted by Crippen LogP contribution is 2.19. The van der Waals surface area contributed by atoms with Gasteiger partial charge in [-0.3, -0.25) is 9.80 Å². The summed E-state index contributed by atoms with van der Waals surface area (Å²) in [6.07, 6.45) is 0. The van der Waals surface area contributed by atoms with Gasteiger partial charge in [-0.2, -0.15) is 16.3 Å². The predicted octanol–water partition coefficient (Wildman–Crippen LogP) is 0.908. The number of aromatic nitrogens is 2. The number of hydrogen-bond acceptors (Lipinski definition) is 7. The molecule has 6 nitrogen and oxygen atoms in total. The van der Waals surface area contributed by atoms with Crippen molar-refractivity contribution >= 4 is 11.3 Å². The van der Waals surface area contributed by atoms with E-state index < -0.39 is 0 Å². The summed E-state index contributed by atoms with van der Waals surface area (Å²) in [6, 6.07) is 1.99. The highest BCUT2D eigenvalue weighted by Gasteiger charge is 2.19. The van der Waals surface area contributed by atoms with Crippen LogP contribution in [0.15, 0.2) is 21.3 Å². The second-order valence-electron chi connectivity index (χ2n) is 4.87. The first kappa shape index (κ1) is 13.7. The fraction of sp³-hybridized carbons (Fsp3) is 0.538. The molecular weight excluding hydrogens is 276 g/mol. The van der Waals surface area contributed by atoms with Gasteiger partial charge in [0.15, 0.2) is 0 Å². The van der Waals surface area contributed by atoms with Crippen LogP contribution in [0.5, 0.6) is 0 Å². The number of aliphatic hydroxyl groups is 1. The Hall–Kier alpha value is -1.28. The van der Waals surface area contributed by atoms with Crippen molar-refractivity contribution in [2.24, 2.45) is 0 Å². The van der Waals surface area contributed by atoms with Gasteiger partial charge in [0.25, 0.3) is 0 Å². The average molecular weight is 294 g/mol. The molecule has 20 heavy (non-hydrogen) atoms. The summed E-state index contributed by atoms with van der Waals surface area (Å²) in [5, 5.41) is 17.0. The molecule has 2 aromatic heterocycles. The molecule has 7 heteroatoms. The van der Waals surface area contributed by atoms with Gasteiger partial charge in [0.2, 0.25) is 11.7 Å². The highest BCUT2D eigenvalue weighted by molar-refractivity contribution is 7.08. The summed E-state index contributed by atoms with van der Waals surface area (Å²) >= 11 is 1.63. The maximum atomic E-state index is 8.93. The van der Waals surface area contributed by atoms with E-state index in [0.717, 1.165) is 38.3 Å². The Morgan fingerprint density at radius 1 is 1.25 bits per heavy atom. The first-order valence-corrected chi connectivity index (χ1v) is 7.70. The Balaban J connectivity index is 1.54. The number of β-amino-alcohol motifs (C(OH)–C–C–N with tert-alkyl or cyclic N) is 1. The molecule has 0 aromatic carbocycles. The Kier molecular flexibility index (Phi) is 4.41. The molecule has 0 amide bonds. The number of nitrogens with zero attached hydrogens (tertiary/aromatic N) is 4. The van der Waals surface area contributed by atoms with Crippen LogP contribution in [0.25, 0.3) is 11.4 Å². The third kappa shape index (κ3) is 3.24. The molecule has 0 atom stereocenters. The van der Waals surface area contributed by atoms with E-state index in [1.165, 1.54) is 0 Å². The molecule has 3 rings (SSSR count). The van der Waals surface area contributed by atoms with Gasteiger partial charge < -0.3 is 9.63 Å². The molecule has 1 N–H and O–H groups in total. The zero-order valence-electron chi connectivity index (χ0n) is 11.2. The second-order valence-corrected chi connectivity index (χ2v) is 5.65. The Labute approximate surface area is 121 Å². The molecule has 1 saturated heterocycles. The summed E-state index contributed by atoms with van der Waals surface area (Å²) in [7, 11) is 0. The minimum Gasteiger partial charge on any atom is -0.395 e. The van der Waals surface area contributed by atoms with Crippen molar-refractivity contribution in [1.82, 2.24) is 19.9 Å². The molecule has 1 aliphatic heterocycles. The number of thiophene rings is 1. The van der Waals surface area contributed by atoms with Crippen molar-refractivity contribution in [2.75, 3.05) is 39.3 Å². The van der Waals surface area contributed by atoms with Gasteiger partial charge >= 0.3 is 0 Å². The van der Waals surface area contributed by atoms with Crippen molar-refractivity contribution in [1.29, 1.82) is 0 Å². The van der Waals surface area contributed by atoms with Crippen LogP contribution in [0, 0.1) is 0 Å². The lowest BCUT2D eigenvalue weighted by Crippen LogP contribution is -2.46. The van der Waals surface area contributed by atoms with Crippen LogP contribution in [-0.4, -0.2) is 64.4 Å². The molecule has 2 aromatic rings. The van der Waals surface area contributed by atoms with E-state index >= 15 is 0 Å². The molecule has 3 heterocycles. The fourth-order valence-corrected chi connectivity index (χ4v) is 2.97. The minimum atomic E-state index is 0.230. The first-order chi connectivity index (χ1) is 9.85. The van der Waals surface area contributed by atoms with Crippen molar-refractivity contribution in [3.05, 3.63) is 22.7 Å². The van der Waals surface area contributed by atoms with E-state index in [-0.39, 0.29) is 6.61 Å². The molecule has 0 unspecified atom stereocenters. The smallest absolute Gasteiger partial charge is 0.241 e. The van der Waals surface area contributed by atoms with Gasteiger partial charge in [-0.05, 0) is 11.4 Å². The topological polar surface area (TPSA) is 65.6 Å². The third-order valence-corrected chi connectivity index (χ3v) is 4.17. The van der Waals surface area contributed by atoms with Crippen molar-refractivity contribution in [3.63, 3.8) is 0 Å². The van der Waals surface area contributed by atoms with E-state index in [9.17, 15) is 0 Å². The monoisotopic (exact) mass is 294 g/mol. The normalized spacial score (nSPS) is 17.6. The summed E-state index contributed by atoms with van der Waals surface area (Å²) < 4.78 is 5.31. The van der Waals surface area contributed by atoms with Crippen LogP contribution in [-0.2, 0) is 6.54 Å². The molecule has 1 aliphatic rings. The predicted molar refractivity (Wildman–Crippen MR) is 76.4 cm³/mol. The lowest BCUT2D eigenvalue weighted by molar-refractivity contribution is 0.101. The molecule has 0 saturated carbocycles. The summed E-state index contributed by atoms with van der Waals surface area (Å²) in [5.41, 5.74) is 1.01. The van der Waals surface area contributed by atoms with Crippen LogP contribution < -0.4 is 0 Å². The Bertz CT molecular complexity index is 520. The van der Waals surface area contributed by atoms with Crippen LogP contribution >= 0.6 is 11.3 Å². The second kappa shape index (κ2) is 6.45. The van der Waals surface area contributed by atoms with Gasteiger partial charge in [-0.1, -0.05) is 5.16 Å². The standard InChI is InChI=1S/C13H18N4O2S/c18-7-6-16-2-4-17(5-3-16)9-12-14-13(15-19-12)11-1-8-20-10-11/h1,8,10,18H,2-7,9H2. The van der Waals surface area contributed by atoms with Crippen LogP contribution in [0.2, 0.25) is 0 Å². The summed E-state index contributed by atoms with van der Waals surface area (Å²) in [4.78, 5) is 9.01. The Morgan fingerprint density at radius 2 is 2.05 bits per heavy atom. The molecule has 0 aliphatic carbocycles. The molecule has 0 spiro atoms. The molecule has 108 valence electrons. The quantitative estimate of drug-likeness (QED) is 0.884. The zero-order valence-corrected chi connectivity index (χ0v) is 12.1. The van der Waals surface area contributed by atoms with Crippen molar-refractivity contribution in [2.45, 2.75) is 6.54 Å². The van der Waals surface area contributed by atoms with Gasteiger partial charge in [0.05, 0.1) is 13.2 Å². The van der Waals surface area contributed by atoms with Crippen LogP contribution in [0.4, 0.5) is 0 Å². The summed E-state index contributed by atoms with van der Waals surface area (Å²) in [6.45, 7) is 5.58. The lowest BCUT2D eigenvalue weighted by atomic mass is 10.3. The van der Waals surface area contributed by atoms with E-state index in [1.807, 2.05) is 16.8 Å². The SMILES string of the molecule is OCCN1CCN(Cc2nc(-c3ccsc3)no2)CC1. The lowest BCUT2D eigenvalue weighted by Gasteiger charge is -2.33. The first-order valence-electron chi connectivity index (χ1n) is 6.76. The van der Waals surface area contributed by atoms with Crippen molar-refractivity contribution < 1.29 is 9.63 Å². The third-order valence-electron chi connectivity index (χ3n) is 3.49. The van der Waals surface area contributed by atoms with Gasteiger partial charge in [-0.15, -0.1) is 0 Å². The number of piperazine rings is 1. The maximum Gasteiger partial charge on any atom is 0.241 e. The number of hydrogen-bond donors (Lipinski definition) is 1. The Morgan fingerprint density at radius 3 is 2.75 bits per heavy atom. The van der Waals surface area contributed by atoms with Gasteiger partial charge in [0.1, 0.15) is 0 Å². The summed E-state index contributed by atoms with van der Waals surface area (Å²) in [5.74, 6) is 1.34. The van der Waals surface area contributed by atoms with Gasteiger partial charge in [0, 0.05) is 43.7 Å². The molecule has 1 fully saturated rings. The fourth-order valence-electron chi connectivity index (χ4n) is 2.33. The van der Waals surface area contributed by atoms with Crippen LogP contribution in [0.3, 0.4) is 0 Å². The van der Waals surface area contributed by atoms with Crippen molar-refractivity contribution in [3.8, 4) is 11.4 Å². The minimum absolute atomic E-state index is 0.230. The van der Waals surface area contributed by atoms with E-state index in [1.54, 1.807) is 11.3 Å². The van der Waals surface area contributed by atoms with E-state index in [4.69, 9.17) is 9.63 Å². The molecular formula is C13H18N4O2S. The maximum absolute atomic E-state index is 8.93. The van der Waals surface area contributed by atoms with E-state index in [2.05, 4.69) is 19.9 Å². The van der Waals surface area contributed by atoms with Gasteiger partial charge in [-0.25, -0.2) is 0 Å². The van der Waals surface area contributed by atoms with E-state index in [0.29, 0.717) is 18.3 Å². The molecule has 0 bridgehead atoms. The number of rotatable bonds is 5. The molecule has 0 radical (unpaired) electrons. The zero-order chi connectivity index (χ0) is 13.8. The average Bonchev–Trinajstić information content (AvgIpc) is 3.12. The number of aliphatic hydroxyl groups excluding tert-OH is 1. The highest BCUT2D eigenvalue weighted by atomic mass is 32.1. The largest absolute Gasteiger partial charge is 0.395 e. The van der Waals surface area contributed by atoms with Crippen LogP contribution in [0.1, 0.15) is 5.89 Å².